The summed E-state index contributed by atoms with van der Waals surface area (Å²) in [6.45, 7) is 4.30. The molecule has 0 aliphatic carbocycles. The molecule has 1 aromatic rings. The molecular weight excluding hydrogens is 192 g/mol. The van der Waals surface area contributed by atoms with Crippen molar-refractivity contribution in [1.29, 1.82) is 0 Å². The number of rotatable bonds is 5. The highest BCUT2D eigenvalue weighted by molar-refractivity contribution is 5.73. The minimum atomic E-state index is -0.811. The Morgan fingerprint density at radius 1 is 1.60 bits per heavy atom. The van der Waals surface area contributed by atoms with Gasteiger partial charge in [-0.1, -0.05) is 19.9 Å². The molecule has 0 aliphatic rings. The van der Waals surface area contributed by atoms with Crippen LogP contribution in [0.1, 0.15) is 19.4 Å². The molecule has 1 atom stereocenters. The molecule has 4 nitrogen and oxygen atoms in total. The number of hydrogen-bond donors (Lipinski definition) is 2. The van der Waals surface area contributed by atoms with Crippen molar-refractivity contribution >= 4 is 5.97 Å². The molecule has 1 rings (SSSR count). The van der Waals surface area contributed by atoms with Crippen molar-refractivity contribution < 1.29 is 9.90 Å². The van der Waals surface area contributed by atoms with Crippen molar-refractivity contribution in [2.75, 3.05) is 0 Å². The average molecular weight is 208 g/mol. The predicted octanol–water partition coefficient (Wildman–Crippen LogP) is 1.28. The summed E-state index contributed by atoms with van der Waals surface area (Å²) in [7, 11) is 0. The van der Waals surface area contributed by atoms with Crippen LogP contribution in [0.4, 0.5) is 0 Å². The number of hydrogen-bond acceptors (Lipinski definition) is 3. The summed E-state index contributed by atoms with van der Waals surface area (Å²) in [5, 5.41) is 11.9. The van der Waals surface area contributed by atoms with Crippen LogP contribution in [0.3, 0.4) is 0 Å². The van der Waals surface area contributed by atoms with Crippen LogP contribution in [0, 0.1) is 5.92 Å². The molecule has 0 radical (unpaired) electrons. The number of pyridine rings is 1. The number of aliphatic carboxylic acids is 1. The van der Waals surface area contributed by atoms with Crippen LogP contribution in [0.5, 0.6) is 0 Å². The van der Waals surface area contributed by atoms with Gasteiger partial charge in [-0.25, -0.2) is 0 Å². The van der Waals surface area contributed by atoms with Gasteiger partial charge in [0.15, 0.2) is 0 Å². The van der Waals surface area contributed by atoms with Gasteiger partial charge in [0.25, 0.3) is 0 Å². The van der Waals surface area contributed by atoms with E-state index < -0.39 is 12.0 Å². The van der Waals surface area contributed by atoms with Gasteiger partial charge in [-0.05, 0) is 17.5 Å². The van der Waals surface area contributed by atoms with E-state index in [1.54, 1.807) is 12.4 Å². The Balaban J connectivity index is 2.51. The van der Waals surface area contributed by atoms with Gasteiger partial charge in [0.2, 0.25) is 0 Å². The lowest BCUT2D eigenvalue weighted by Crippen LogP contribution is -2.40. The van der Waals surface area contributed by atoms with E-state index in [0.29, 0.717) is 6.54 Å². The van der Waals surface area contributed by atoms with Gasteiger partial charge in [0.1, 0.15) is 6.04 Å². The molecule has 0 aliphatic heterocycles. The molecule has 0 saturated heterocycles. The Labute approximate surface area is 89.3 Å². The number of carboxylic acids is 1. The first-order valence-corrected chi connectivity index (χ1v) is 4.96. The highest BCUT2D eigenvalue weighted by Gasteiger charge is 2.20. The summed E-state index contributed by atoms with van der Waals surface area (Å²) < 4.78 is 0. The molecule has 0 spiro atoms. The Hall–Kier alpha value is -1.42. The topological polar surface area (TPSA) is 62.2 Å². The standard InChI is InChI=1S/C11H16N2O2/c1-8(2)10(11(14)15)13-7-9-4-3-5-12-6-9/h3-6,8,10,13H,7H2,1-2H3,(H,14,15)/t10-/m0/s1. The first kappa shape index (κ1) is 11.7. The van der Waals surface area contributed by atoms with E-state index in [9.17, 15) is 4.79 Å². The molecule has 15 heavy (non-hydrogen) atoms. The van der Waals surface area contributed by atoms with Gasteiger partial charge < -0.3 is 10.4 Å². The Bertz CT molecular complexity index is 312. The third-order valence-electron chi connectivity index (χ3n) is 2.18. The number of carboxylic acid groups (broad SMARTS) is 1. The number of nitrogens with zero attached hydrogens (tertiary/aromatic N) is 1. The van der Waals surface area contributed by atoms with Gasteiger partial charge in [-0.3, -0.25) is 9.78 Å². The fraction of sp³-hybridized carbons (Fsp3) is 0.455. The Kier molecular flexibility index (Phi) is 4.24. The van der Waals surface area contributed by atoms with E-state index in [0.717, 1.165) is 5.56 Å². The Morgan fingerprint density at radius 2 is 2.33 bits per heavy atom. The molecule has 1 aromatic heterocycles. The second-order valence-corrected chi connectivity index (χ2v) is 3.80. The lowest BCUT2D eigenvalue weighted by Gasteiger charge is -2.17. The van der Waals surface area contributed by atoms with Crippen LogP contribution >= 0.6 is 0 Å². The van der Waals surface area contributed by atoms with Crippen LogP contribution in [-0.4, -0.2) is 22.1 Å². The van der Waals surface area contributed by atoms with Gasteiger partial charge in [0, 0.05) is 18.9 Å². The average Bonchev–Trinajstić information content (AvgIpc) is 2.18. The van der Waals surface area contributed by atoms with Crippen molar-refractivity contribution in [1.82, 2.24) is 10.3 Å². The van der Waals surface area contributed by atoms with E-state index >= 15 is 0 Å². The summed E-state index contributed by atoms with van der Waals surface area (Å²) in [6, 6.07) is 3.24. The maximum absolute atomic E-state index is 10.9. The fourth-order valence-corrected chi connectivity index (χ4v) is 1.34. The third kappa shape index (κ3) is 3.67. The number of nitrogens with one attached hydrogen (secondary N) is 1. The maximum Gasteiger partial charge on any atom is 0.320 e. The molecule has 0 saturated carbocycles. The second kappa shape index (κ2) is 5.46. The lowest BCUT2D eigenvalue weighted by atomic mass is 10.0. The SMILES string of the molecule is CC(C)[C@H](NCc1cccnc1)C(=O)O. The van der Waals surface area contributed by atoms with E-state index in [-0.39, 0.29) is 5.92 Å². The van der Waals surface area contributed by atoms with Crippen LogP contribution < -0.4 is 5.32 Å². The monoisotopic (exact) mass is 208 g/mol. The van der Waals surface area contributed by atoms with Crippen molar-refractivity contribution in [3.63, 3.8) is 0 Å². The normalized spacial score (nSPS) is 12.7. The number of aromatic nitrogens is 1. The molecule has 82 valence electrons. The minimum Gasteiger partial charge on any atom is -0.480 e. The van der Waals surface area contributed by atoms with Gasteiger partial charge in [-0.15, -0.1) is 0 Å². The van der Waals surface area contributed by atoms with E-state index in [2.05, 4.69) is 10.3 Å². The van der Waals surface area contributed by atoms with Gasteiger partial charge in [0.05, 0.1) is 0 Å². The molecular formula is C11H16N2O2. The van der Waals surface area contributed by atoms with Crippen LogP contribution in [0.25, 0.3) is 0 Å². The van der Waals surface area contributed by atoms with Crippen LogP contribution in [0.2, 0.25) is 0 Å². The lowest BCUT2D eigenvalue weighted by molar-refractivity contribution is -0.140. The zero-order valence-electron chi connectivity index (χ0n) is 8.97. The molecule has 1 heterocycles. The maximum atomic E-state index is 10.9. The largest absolute Gasteiger partial charge is 0.480 e. The quantitative estimate of drug-likeness (QED) is 0.765. The van der Waals surface area contributed by atoms with Gasteiger partial charge in [-0.2, -0.15) is 0 Å². The summed E-state index contributed by atoms with van der Waals surface area (Å²) >= 11 is 0. The molecule has 0 aromatic carbocycles. The second-order valence-electron chi connectivity index (χ2n) is 3.80. The number of carbonyl (C=O) groups is 1. The molecule has 2 N–H and O–H groups in total. The Morgan fingerprint density at radius 3 is 2.80 bits per heavy atom. The third-order valence-corrected chi connectivity index (χ3v) is 2.18. The van der Waals surface area contributed by atoms with Crippen molar-refractivity contribution in [3.05, 3.63) is 30.1 Å². The highest BCUT2D eigenvalue weighted by atomic mass is 16.4. The zero-order chi connectivity index (χ0) is 11.3. The van der Waals surface area contributed by atoms with E-state index in [4.69, 9.17) is 5.11 Å². The first-order valence-electron chi connectivity index (χ1n) is 4.96. The summed E-state index contributed by atoms with van der Waals surface area (Å²) in [5.74, 6) is -0.743. The molecule has 4 heteroatoms. The predicted molar refractivity (Wildman–Crippen MR) is 57.3 cm³/mol. The highest BCUT2D eigenvalue weighted by Crippen LogP contribution is 2.03. The smallest absolute Gasteiger partial charge is 0.320 e. The summed E-state index contributed by atoms with van der Waals surface area (Å²) in [5.41, 5.74) is 0.990. The van der Waals surface area contributed by atoms with E-state index in [1.165, 1.54) is 0 Å². The van der Waals surface area contributed by atoms with Crippen LogP contribution in [0.15, 0.2) is 24.5 Å². The first-order chi connectivity index (χ1) is 7.11. The molecule has 0 bridgehead atoms. The van der Waals surface area contributed by atoms with E-state index in [1.807, 2.05) is 26.0 Å². The van der Waals surface area contributed by atoms with Crippen molar-refractivity contribution in [3.8, 4) is 0 Å². The molecule has 0 unspecified atom stereocenters. The molecule has 0 fully saturated rings. The van der Waals surface area contributed by atoms with Crippen molar-refractivity contribution in [2.45, 2.75) is 26.4 Å². The summed E-state index contributed by atoms with van der Waals surface area (Å²) in [4.78, 5) is 14.8. The zero-order valence-corrected chi connectivity index (χ0v) is 8.97. The van der Waals surface area contributed by atoms with Gasteiger partial charge >= 0.3 is 5.97 Å². The fourth-order valence-electron chi connectivity index (χ4n) is 1.34. The van der Waals surface area contributed by atoms with Crippen LogP contribution in [-0.2, 0) is 11.3 Å². The summed E-state index contributed by atoms with van der Waals surface area (Å²) in [6.07, 6.45) is 3.42. The minimum absolute atomic E-state index is 0.0687. The molecule has 0 amide bonds. The van der Waals surface area contributed by atoms with Crippen molar-refractivity contribution in [2.24, 2.45) is 5.92 Å².